The number of nitrogen functional groups attached to an aromatic ring is 1. The van der Waals surface area contributed by atoms with E-state index in [1.54, 1.807) is 18.5 Å². The summed E-state index contributed by atoms with van der Waals surface area (Å²) in [6.45, 7) is 5.38. The van der Waals surface area contributed by atoms with Crippen LogP contribution in [0, 0.1) is 26.6 Å². The second-order valence-electron chi connectivity index (χ2n) is 4.87. The van der Waals surface area contributed by atoms with Gasteiger partial charge in [0, 0.05) is 5.69 Å². The number of nitrogens with one attached hydrogen (secondary N) is 1. The molecule has 2 aromatic rings. The van der Waals surface area contributed by atoms with E-state index in [-0.39, 0.29) is 18.3 Å². The Kier molecular flexibility index (Phi) is 4.32. The molecule has 0 aliphatic rings. The molecule has 0 aliphatic carbocycles. The number of carbonyl (C=O) groups is 1. The Hall–Kier alpha value is -1.89. The highest BCUT2D eigenvalue weighted by Gasteiger charge is 2.13. The molecule has 0 spiro atoms. The number of halogens is 2. The van der Waals surface area contributed by atoms with Gasteiger partial charge in [-0.05, 0) is 54.4 Å². The minimum Gasteiger partial charge on any atom is -0.396 e. The molecule has 5 nitrogen and oxygen atoms in total. The van der Waals surface area contributed by atoms with Crippen LogP contribution in [-0.4, -0.2) is 15.7 Å². The average molecular weight is 355 g/mol. The molecular weight excluding hydrogens is 339 g/mol. The minimum absolute atomic E-state index is 0.0539. The summed E-state index contributed by atoms with van der Waals surface area (Å²) >= 11 is 3.10. The first-order valence-electron chi connectivity index (χ1n) is 6.34. The normalized spacial score (nSPS) is 10.7. The van der Waals surface area contributed by atoms with Crippen molar-refractivity contribution >= 4 is 33.2 Å². The number of anilines is 2. The minimum atomic E-state index is -0.364. The Morgan fingerprint density at radius 2 is 2.10 bits per heavy atom. The first-order chi connectivity index (χ1) is 9.79. The molecule has 1 amide bonds. The zero-order chi connectivity index (χ0) is 15.7. The van der Waals surface area contributed by atoms with E-state index in [1.165, 1.54) is 12.1 Å². The van der Waals surface area contributed by atoms with Gasteiger partial charge in [0.15, 0.2) is 0 Å². The van der Waals surface area contributed by atoms with Crippen molar-refractivity contribution < 1.29 is 9.18 Å². The van der Waals surface area contributed by atoms with Gasteiger partial charge < -0.3 is 11.1 Å². The Labute approximate surface area is 130 Å². The maximum atomic E-state index is 13.4. The number of hydrogen-bond donors (Lipinski definition) is 2. The molecule has 0 saturated carbocycles. The molecule has 7 heteroatoms. The third kappa shape index (κ3) is 3.24. The molecule has 0 aliphatic heterocycles. The number of amides is 1. The van der Waals surface area contributed by atoms with Gasteiger partial charge in [-0.25, -0.2) is 4.39 Å². The van der Waals surface area contributed by atoms with E-state index >= 15 is 0 Å². The Morgan fingerprint density at radius 1 is 1.43 bits per heavy atom. The van der Waals surface area contributed by atoms with Crippen molar-refractivity contribution in [1.82, 2.24) is 9.78 Å². The summed E-state index contributed by atoms with van der Waals surface area (Å²) < 4.78 is 15.2. The summed E-state index contributed by atoms with van der Waals surface area (Å²) in [5.74, 6) is -0.612. The molecule has 0 unspecified atom stereocenters. The smallest absolute Gasteiger partial charge is 0.246 e. The Morgan fingerprint density at radius 3 is 2.67 bits per heavy atom. The summed E-state index contributed by atoms with van der Waals surface area (Å²) in [7, 11) is 0. The van der Waals surface area contributed by atoms with Crippen molar-refractivity contribution in [3.8, 4) is 0 Å². The summed E-state index contributed by atoms with van der Waals surface area (Å²) in [6.07, 6.45) is 0. The topological polar surface area (TPSA) is 72.9 Å². The van der Waals surface area contributed by atoms with Crippen molar-refractivity contribution in [2.75, 3.05) is 11.1 Å². The summed E-state index contributed by atoms with van der Waals surface area (Å²) in [5, 5.41) is 6.95. The molecule has 1 aromatic carbocycles. The summed E-state index contributed by atoms with van der Waals surface area (Å²) in [4.78, 5) is 12.1. The van der Waals surface area contributed by atoms with E-state index in [9.17, 15) is 9.18 Å². The van der Waals surface area contributed by atoms with E-state index in [0.29, 0.717) is 27.1 Å². The highest BCUT2D eigenvalue weighted by Crippen LogP contribution is 2.24. The van der Waals surface area contributed by atoms with Crippen LogP contribution in [0.4, 0.5) is 15.8 Å². The van der Waals surface area contributed by atoms with Gasteiger partial charge in [-0.1, -0.05) is 0 Å². The Balaban J connectivity index is 2.15. The lowest BCUT2D eigenvalue weighted by Crippen LogP contribution is -2.21. The number of rotatable bonds is 3. The largest absolute Gasteiger partial charge is 0.396 e. The summed E-state index contributed by atoms with van der Waals surface area (Å²) in [6, 6.07) is 2.90. The fourth-order valence-electron chi connectivity index (χ4n) is 1.97. The fraction of sp³-hybridized carbons (Fsp3) is 0.286. The monoisotopic (exact) mass is 354 g/mol. The SMILES string of the molecule is Cc1cc(F)c(Br)cc1NC(=O)Cn1nc(C)c(N)c1C. The molecular formula is C14H16BrFN4O. The molecule has 0 radical (unpaired) electrons. The van der Waals surface area contributed by atoms with Gasteiger partial charge >= 0.3 is 0 Å². The quantitative estimate of drug-likeness (QED) is 0.889. The van der Waals surface area contributed by atoms with Gasteiger partial charge in [-0.2, -0.15) is 5.10 Å². The van der Waals surface area contributed by atoms with Crippen LogP contribution in [0.5, 0.6) is 0 Å². The zero-order valence-electron chi connectivity index (χ0n) is 12.0. The third-order valence-electron chi connectivity index (χ3n) is 3.27. The van der Waals surface area contributed by atoms with Gasteiger partial charge in [0.1, 0.15) is 12.4 Å². The molecule has 2 rings (SSSR count). The number of hydrogen-bond acceptors (Lipinski definition) is 3. The summed E-state index contributed by atoms with van der Waals surface area (Å²) in [5.41, 5.74) is 9.07. The lowest BCUT2D eigenvalue weighted by molar-refractivity contribution is -0.116. The predicted molar refractivity (Wildman–Crippen MR) is 83.6 cm³/mol. The second kappa shape index (κ2) is 5.85. The van der Waals surface area contributed by atoms with Crippen LogP contribution in [0.1, 0.15) is 17.0 Å². The van der Waals surface area contributed by atoms with Crippen LogP contribution < -0.4 is 11.1 Å². The molecule has 1 heterocycles. The van der Waals surface area contributed by atoms with Crippen molar-refractivity contribution in [1.29, 1.82) is 0 Å². The van der Waals surface area contributed by atoms with Crippen LogP contribution in [0.3, 0.4) is 0 Å². The fourth-order valence-corrected chi connectivity index (χ4v) is 2.31. The maximum absolute atomic E-state index is 13.4. The van der Waals surface area contributed by atoms with Gasteiger partial charge in [-0.3, -0.25) is 9.48 Å². The van der Waals surface area contributed by atoms with E-state index in [1.807, 2.05) is 6.92 Å². The number of benzene rings is 1. The van der Waals surface area contributed by atoms with Crippen molar-refractivity contribution in [2.24, 2.45) is 0 Å². The number of nitrogens with two attached hydrogens (primary N) is 1. The molecule has 0 atom stereocenters. The first kappa shape index (κ1) is 15.5. The standard InChI is InChI=1S/C14H16BrFN4O/c1-7-4-11(16)10(15)5-12(7)18-13(21)6-20-9(3)14(17)8(2)19-20/h4-5H,6,17H2,1-3H3,(H,18,21). The number of carbonyl (C=O) groups excluding carboxylic acids is 1. The van der Waals surface area contributed by atoms with Crippen molar-refractivity contribution in [2.45, 2.75) is 27.3 Å². The lowest BCUT2D eigenvalue weighted by atomic mass is 10.2. The molecule has 112 valence electrons. The number of aryl methyl sites for hydroxylation is 2. The highest BCUT2D eigenvalue weighted by molar-refractivity contribution is 9.10. The lowest BCUT2D eigenvalue weighted by Gasteiger charge is -2.10. The molecule has 1 aromatic heterocycles. The van der Waals surface area contributed by atoms with Crippen LogP contribution in [0.15, 0.2) is 16.6 Å². The van der Waals surface area contributed by atoms with E-state index in [4.69, 9.17) is 5.73 Å². The van der Waals surface area contributed by atoms with Gasteiger partial charge in [-0.15, -0.1) is 0 Å². The molecule has 0 saturated heterocycles. The van der Waals surface area contributed by atoms with Crippen LogP contribution in [-0.2, 0) is 11.3 Å². The molecule has 0 bridgehead atoms. The van der Waals surface area contributed by atoms with Crippen LogP contribution in [0.25, 0.3) is 0 Å². The van der Waals surface area contributed by atoms with Crippen molar-refractivity contribution in [3.05, 3.63) is 39.4 Å². The number of nitrogens with zero attached hydrogens (tertiary/aromatic N) is 2. The van der Waals surface area contributed by atoms with Gasteiger partial charge in [0.25, 0.3) is 0 Å². The van der Waals surface area contributed by atoms with E-state index < -0.39 is 0 Å². The average Bonchev–Trinajstić information content (AvgIpc) is 2.63. The van der Waals surface area contributed by atoms with Gasteiger partial charge in [0.2, 0.25) is 5.91 Å². The maximum Gasteiger partial charge on any atom is 0.246 e. The van der Waals surface area contributed by atoms with E-state index in [2.05, 4.69) is 26.3 Å². The molecule has 3 N–H and O–H groups in total. The first-order valence-corrected chi connectivity index (χ1v) is 7.14. The molecule has 21 heavy (non-hydrogen) atoms. The van der Waals surface area contributed by atoms with Gasteiger partial charge in [0.05, 0.1) is 21.5 Å². The third-order valence-corrected chi connectivity index (χ3v) is 3.88. The number of aromatic nitrogens is 2. The van der Waals surface area contributed by atoms with Crippen molar-refractivity contribution in [3.63, 3.8) is 0 Å². The van der Waals surface area contributed by atoms with Crippen LogP contribution in [0.2, 0.25) is 0 Å². The predicted octanol–water partition coefficient (Wildman–Crippen LogP) is 2.93. The van der Waals surface area contributed by atoms with E-state index in [0.717, 1.165) is 5.69 Å². The van der Waals surface area contributed by atoms with Crippen LogP contribution >= 0.6 is 15.9 Å². The highest BCUT2D eigenvalue weighted by atomic mass is 79.9. The molecule has 0 fully saturated rings. The second-order valence-corrected chi connectivity index (χ2v) is 5.73. The Bertz CT molecular complexity index is 711. The zero-order valence-corrected chi connectivity index (χ0v) is 13.6.